The number of nitrogens with zero attached hydrogens (tertiary/aromatic N) is 2. The Morgan fingerprint density at radius 1 is 1.15 bits per heavy atom. The quantitative estimate of drug-likeness (QED) is 0.812. The fraction of sp³-hybridized carbons (Fsp3) is 0.381. The fourth-order valence-electron chi connectivity index (χ4n) is 3.30. The Morgan fingerprint density at radius 2 is 1.85 bits per heavy atom. The molecule has 0 aliphatic carbocycles. The number of hydrogen-bond donors (Lipinski definition) is 1. The molecule has 0 radical (unpaired) electrons. The van der Waals surface area contributed by atoms with Crippen molar-refractivity contribution in [3.63, 3.8) is 0 Å². The maximum atomic E-state index is 12.3. The average Bonchev–Trinajstić information content (AvgIpc) is 2.66. The van der Waals surface area contributed by atoms with Crippen LogP contribution in [0.1, 0.15) is 11.1 Å². The Kier molecular flexibility index (Phi) is 6.12. The van der Waals surface area contributed by atoms with E-state index in [-0.39, 0.29) is 6.03 Å². The van der Waals surface area contributed by atoms with Crippen LogP contribution in [0, 0.1) is 0 Å². The van der Waals surface area contributed by atoms with Gasteiger partial charge in [0.15, 0.2) is 0 Å². The Bertz CT molecular complexity index is 720. The first-order chi connectivity index (χ1) is 12.6. The Hall–Kier alpha value is -2.53. The molecule has 138 valence electrons. The lowest BCUT2D eigenvalue weighted by Crippen LogP contribution is -2.48. The number of rotatable bonds is 6. The lowest BCUT2D eigenvalue weighted by molar-refractivity contribution is 0.159. The molecular weight excluding hydrogens is 326 g/mol. The highest BCUT2D eigenvalue weighted by Gasteiger charge is 2.25. The molecule has 2 aromatic rings. The highest BCUT2D eigenvalue weighted by molar-refractivity contribution is 5.73. The minimum Gasteiger partial charge on any atom is -0.492 e. The third kappa shape index (κ3) is 4.76. The third-order valence-electron chi connectivity index (χ3n) is 4.84. The van der Waals surface area contributed by atoms with E-state index in [4.69, 9.17) is 4.74 Å². The van der Waals surface area contributed by atoms with Crippen LogP contribution in [0.5, 0.6) is 5.75 Å². The van der Waals surface area contributed by atoms with Gasteiger partial charge in [-0.2, -0.15) is 0 Å². The molecule has 0 aromatic heterocycles. The molecule has 0 saturated carbocycles. The van der Waals surface area contributed by atoms with Gasteiger partial charge < -0.3 is 15.0 Å². The van der Waals surface area contributed by atoms with Crippen molar-refractivity contribution in [2.24, 2.45) is 0 Å². The number of nitrogens with one attached hydrogen (secondary N) is 1. The van der Waals surface area contributed by atoms with Gasteiger partial charge in [-0.25, -0.2) is 4.79 Å². The first-order valence-electron chi connectivity index (χ1n) is 9.07. The highest BCUT2D eigenvalue weighted by Crippen LogP contribution is 2.22. The predicted molar refractivity (Wildman–Crippen MR) is 103 cm³/mol. The number of hydrogen-bond acceptors (Lipinski definition) is 3. The summed E-state index contributed by atoms with van der Waals surface area (Å²) < 4.78 is 5.60. The second kappa shape index (κ2) is 8.72. The molecule has 5 heteroatoms. The minimum atomic E-state index is -0.0612. The number of carbonyl (C=O) groups is 1. The van der Waals surface area contributed by atoms with Crippen molar-refractivity contribution in [2.45, 2.75) is 19.0 Å². The first-order valence-corrected chi connectivity index (χ1v) is 9.07. The van der Waals surface area contributed by atoms with Crippen molar-refractivity contribution in [3.8, 4) is 5.75 Å². The van der Waals surface area contributed by atoms with Gasteiger partial charge in [-0.05, 0) is 36.7 Å². The number of amides is 2. The topological polar surface area (TPSA) is 44.8 Å². The molecule has 1 N–H and O–H groups in total. The number of likely N-dealkylation sites (N-methyl/N-ethyl adjacent to an activating group) is 2. The van der Waals surface area contributed by atoms with E-state index in [1.165, 1.54) is 11.1 Å². The first kappa shape index (κ1) is 18.3. The third-order valence-corrected chi connectivity index (χ3v) is 4.84. The van der Waals surface area contributed by atoms with E-state index in [9.17, 15) is 4.79 Å². The summed E-state index contributed by atoms with van der Waals surface area (Å²) in [5.74, 6) is 0.817. The SMILES string of the molecule is CN(C[C@@H]1Cc2ccccc2CN1C)C(=O)NCCOc1ccccc1. The Balaban J connectivity index is 1.42. The fourth-order valence-corrected chi connectivity index (χ4v) is 3.30. The number of ether oxygens (including phenoxy) is 1. The molecule has 1 aliphatic heterocycles. The predicted octanol–water partition coefficient (Wildman–Crippen LogP) is 2.76. The smallest absolute Gasteiger partial charge is 0.317 e. The van der Waals surface area contributed by atoms with Crippen LogP contribution in [-0.4, -0.2) is 55.7 Å². The van der Waals surface area contributed by atoms with E-state index in [0.29, 0.717) is 25.7 Å². The van der Waals surface area contributed by atoms with Gasteiger partial charge in [0.1, 0.15) is 12.4 Å². The summed E-state index contributed by atoms with van der Waals surface area (Å²) in [6, 6.07) is 18.5. The summed E-state index contributed by atoms with van der Waals surface area (Å²) in [7, 11) is 3.97. The zero-order valence-corrected chi connectivity index (χ0v) is 15.5. The number of urea groups is 1. The van der Waals surface area contributed by atoms with Gasteiger partial charge in [-0.3, -0.25) is 4.90 Å². The number of carbonyl (C=O) groups excluding carboxylic acids is 1. The molecule has 2 amide bonds. The van der Waals surface area contributed by atoms with Crippen LogP contribution >= 0.6 is 0 Å². The van der Waals surface area contributed by atoms with Gasteiger partial charge in [-0.15, -0.1) is 0 Å². The summed E-state index contributed by atoms with van der Waals surface area (Å²) in [6.07, 6.45) is 0.974. The van der Waals surface area contributed by atoms with E-state index >= 15 is 0 Å². The maximum Gasteiger partial charge on any atom is 0.317 e. The van der Waals surface area contributed by atoms with Crippen LogP contribution in [0.4, 0.5) is 4.79 Å². The standard InChI is InChI=1S/C21H27N3O2/c1-23-15-18-9-7-6-8-17(18)14-19(23)16-24(2)21(25)22-12-13-26-20-10-4-3-5-11-20/h3-11,19H,12-16H2,1-2H3,(H,22,25)/t19-/m0/s1. The van der Waals surface area contributed by atoms with E-state index in [0.717, 1.165) is 18.7 Å². The lowest BCUT2D eigenvalue weighted by atomic mass is 9.94. The van der Waals surface area contributed by atoms with Crippen molar-refractivity contribution < 1.29 is 9.53 Å². The molecule has 0 spiro atoms. The molecular formula is C21H27N3O2. The number of para-hydroxylation sites is 1. The molecule has 1 aliphatic rings. The molecule has 2 aromatic carbocycles. The van der Waals surface area contributed by atoms with Crippen molar-refractivity contribution in [1.29, 1.82) is 0 Å². The van der Waals surface area contributed by atoms with Crippen molar-refractivity contribution in [3.05, 3.63) is 65.7 Å². The molecule has 1 heterocycles. The molecule has 3 rings (SSSR count). The summed E-state index contributed by atoms with van der Waals surface area (Å²) >= 11 is 0. The Labute approximate surface area is 155 Å². The van der Waals surface area contributed by atoms with Gasteiger partial charge >= 0.3 is 6.03 Å². The zero-order valence-electron chi connectivity index (χ0n) is 15.5. The summed E-state index contributed by atoms with van der Waals surface area (Å²) in [6.45, 7) is 2.58. The molecule has 26 heavy (non-hydrogen) atoms. The van der Waals surface area contributed by atoms with E-state index in [1.54, 1.807) is 4.90 Å². The summed E-state index contributed by atoms with van der Waals surface area (Å²) in [5.41, 5.74) is 2.78. The Morgan fingerprint density at radius 3 is 2.62 bits per heavy atom. The van der Waals surface area contributed by atoms with Gasteiger partial charge in [-0.1, -0.05) is 42.5 Å². The van der Waals surface area contributed by atoms with Crippen LogP contribution in [0.3, 0.4) is 0 Å². The van der Waals surface area contributed by atoms with Gasteiger partial charge in [0.05, 0.1) is 6.54 Å². The van der Waals surface area contributed by atoms with Crippen LogP contribution in [0.25, 0.3) is 0 Å². The molecule has 0 unspecified atom stereocenters. The van der Waals surface area contributed by atoms with Crippen molar-refractivity contribution in [1.82, 2.24) is 15.1 Å². The monoisotopic (exact) mass is 353 g/mol. The summed E-state index contributed by atoms with van der Waals surface area (Å²) in [4.78, 5) is 16.4. The second-order valence-corrected chi connectivity index (χ2v) is 6.82. The van der Waals surface area contributed by atoms with Crippen LogP contribution in [0.2, 0.25) is 0 Å². The van der Waals surface area contributed by atoms with E-state index in [1.807, 2.05) is 37.4 Å². The van der Waals surface area contributed by atoms with E-state index in [2.05, 4.69) is 41.5 Å². The molecule has 1 atom stereocenters. The van der Waals surface area contributed by atoms with Crippen molar-refractivity contribution >= 4 is 6.03 Å². The summed E-state index contributed by atoms with van der Waals surface area (Å²) in [5, 5.41) is 2.92. The largest absolute Gasteiger partial charge is 0.492 e. The van der Waals surface area contributed by atoms with Gasteiger partial charge in [0.25, 0.3) is 0 Å². The highest BCUT2D eigenvalue weighted by atomic mass is 16.5. The normalized spacial score (nSPS) is 16.6. The molecule has 5 nitrogen and oxygen atoms in total. The second-order valence-electron chi connectivity index (χ2n) is 6.82. The minimum absolute atomic E-state index is 0.0612. The van der Waals surface area contributed by atoms with Gasteiger partial charge in [0.2, 0.25) is 0 Å². The van der Waals surface area contributed by atoms with Crippen LogP contribution in [-0.2, 0) is 13.0 Å². The van der Waals surface area contributed by atoms with Crippen LogP contribution < -0.4 is 10.1 Å². The maximum absolute atomic E-state index is 12.3. The zero-order chi connectivity index (χ0) is 18.4. The number of fused-ring (bicyclic) bond motifs is 1. The average molecular weight is 353 g/mol. The molecule has 0 bridgehead atoms. The molecule has 0 saturated heterocycles. The number of benzene rings is 2. The van der Waals surface area contributed by atoms with E-state index < -0.39 is 0 Å². The van der Waals surface area contributed by atoms with Crippen LogP contribution in [0.15, 0.2) is 54.6 Å². The lowest BCUT2D eigenvalue weighted by Gasteiger charge is -2.36. The van der Waals surface area contributed by atoms with Gasteiger partial charge in [0, 0.05) is 26.2 Å². The van der Waals surface area contributed by atoms with Crippen molar-refractivity contribution in [2.75, 3.05) is 33.8 Å². The molecule has 0 fully saturated rings.